The Hall–Kier alpha value is -0.570. The van der Waals surface area contributed by atoms with Gasteiger partial charge in [0.05, 0.1) is 12.7 Å². The van der Waals surface area contributed by atoms with E-state index in [1.54, 1.807) is 0 Å². The molecule has 0 aliphatic carbocycles. The van der Waals surface area contributed by atoms with Crippen LogP contribution >= 0.6 is 11.6 Å². The highest BCUT2D eigenvalue weighted by atomic mass is 35.5. The van der Waals surface area contributed by atoms with Crippen LogP contribution in [0.3, 0.4) is 0 Å². The molecule has 0 bridgehead atoms. The van der Waals surface area contributed by atoms with Gasteiger partial charge in [-0.15, -0.1) is 0 Å². The summed E-state index contributed by atoms with van der Waals surface area (Å²) in [6, 6.07) is 7.96. The van der Waals surface area contributed by atoms with Crippen LogP contribution in [0.5, 0.6) is 0 Å². The van der Waals surface area contributed by atoms with Crippen molar-refractivity contribution in [1.29, 1.82) is 0 Å². The van der Waals surface area contributed by atoms with Crippen LogP contribution in [0.4, 0.5) is 0 Å². The number of hydrogen-bond acceptors (Lipinski definition) is 2. The van der Waals surface area contributed by atoms with Gasteiger partial charge >= 0.3 is 0 Å². The van der Waals surface area contributed by atoms with E-state index in [1.807, 2.05) is 18.2 Å². The first-order chi connectivity index (χ1) is 7.86. The van der Waals surface area contributed by atoms with Crippen molar-refractivity contribution in [2.75, 3.05) is 19.7 Å². The smallest absolute Gasteiger partial charge is 0.0700 e. The molecule has 3 heteroatoms. The van der Waals surface area contributed by atoms with Gasteiger partial charge < -0.3 is 10.1 Å². The number of nitrogens with one attached hydrogen (secondary N) is 1. The van der Waals surface area contributed by atoms with Crippen LogP contribution in [-0.4, -0.2) is 25.8 Å². The Morgan fingerprint density at radius 2 is 2.25 bits per heavy atom. The van der Waals surface area contributed by atoms with Crippen molar-refractivity contribution in [3.8, 4) is 0 Å². The Kier molecular flexibility index (Phi) is 4.64. The predicted molar refractivity (Wildman–Crippen MR) is 67.0 cm³/mol. The monoisotopic (exact) mass is 239 g/mol. The molecule has 1 aliphatic rings. The molecule has 1 saturated heterocycles. The van der Waals surface area contributed by atoms with Gasteiger partial charge in [-0.2, -0.15) is 0 Å². The lowest BCUT2D eigenvalue weighted by atomic mass is 10.1. The summed E-state index contributed by atoms with van der Waals surface area (Å²) in [7, 11) is 0. The van der Waals surface area contributed by atoms with E-state index in [9.17, 15) is 0 Å². The van der Waals surface area contributed by atoms with Gasteiger partial charge in [0, 0.05) is 11.6 Å². The summed E-state index contributed by atoms with van der Waals surface area (Å²) in [5.41, 5.74) is 1.17. The second-order valence-corrected chi connectivity index (χ2v) is 4.59. The van der Waals surface area contributed by atoms with Gasteiger partial charge in [0.2, 0.25) is 0 Å². The summed E-state index contributed by atoms with van der Waals surface area (Å²) in [6.45, 7) is 2.88. The van der Waals surface area contributed by atoms with Gasteiger partial charge in [0.15, 0.2) is 0 Å². The highest BCUT2D eigenvalue weighted by molar-refractivity contribution is 6.31. The highest BCUT2D eigenvalue weighted by Crippen LogP contribution is 2.16. The molecule has 0 saturated carbocycles. The fourth-order valence-corrected chi connectivity index (χ4v) is 2.23. The lowest BCUT2D eigenvalue weighted by Crippen LogP contribution is -2.35. The first-order valence-corrected chi connectivity index (χ1v) is 6.30. The largest absolute Gasteiger partial charge is 0.377 e. The number of benzene rings is 1. The van der Waals surface area contributed by atoms with E-state index in [1.165, 1.54) is 18.4 Å². The second-order valence-electron chi connectivity index (χ2n) is 4.18. The number of rotatable bonds is 4. The molecule has 0 aromatic heterocycles. The standard InChI is InChI=1S/C13H18ClNO/c14-13-6-2-1-4-11(13)7-9-16-12-5-3-8-15-10-12/h1-2,4,6,12,15H,3,5,7-10H2. The molecule has 1 N–H and O–H groups in total. The minimum atomic E-state index is 0.385. The summed E-state index contributed by atoms with van der Waals surface area (Å²) in [5, 5.41) is 4.18. The van der Waals surface area contributed by atoms with E-state index < -0.39 is 0 Å². The van der Waals surface area contributed by atoms with E-state index >= 15 is 0 Å². The molecule has 16 heavy (non-hydrogen) atoms. The molecule has 1 aromatic carbocycles. The molecule has 1 atom stereocenters. The highest BCUT2D eigenvalue weighted by Gasteiger charge is 2.12. The third kappa shape index (κ3) is 3.48. The lowest BCUT2D eigenvalue weighted by Gasteiger charge is -2.23. The summed E-state index contributed by atoms with van der Waals surface area (Å²) < 4.78 is 5.82. The topological polar surface area (TPSA) is 21.3 Å². The number of halogens is 1. The summed E-state index contributed by atoms with van der Waals surface area (Å²) in [5.74, 6) is 0. The first kappa shape index (κ1) is 11.9. The first-order valence-electron chi connectivity index (χ1n) is 5.92. The van der Waals surface area contributed by atoms with Gasteiger partial charge in [-0.05, 0) is 37.4 Å². The molecule has 2 nitrogen and oxygen atoms in total. The second kappa shape index (κ2) is 6.24. The summed E-state index contributed by atoms with van der Waals surface area (Å²) >= 11 is 6.08. The van der Waals surface area contributed by atoms with E-state index in [4.69, 9.17) is 16.3 Å². The Morgan fingerprint density at radius 1 is 1.38 bits per heavy atom. The average molecular weight is 240 g/mol. The van der Waals surface area contributed by atoms with Crippen LogP contribution in [-0.2, 0) is 11.2 Å². The molecule has 1 aromatic rings. The van der Waals surface area contributed by atoms with Gasteiger partial charge in [-0.3, -0.25) is 0 Å². The quantitative estimate of drug-likeness (QED) is 0.872. The van der Waals surface area contributed by atoms with Crippen LogP contribution in [0.25, 0.3) is 0 Å². The predicted octanol–water partition coefficient (Wildman–Crippen LogP) is 2.65. The van der Waals surface area contributed by atoms with E-state index in [2.05, 4.69) is 11.4 Å². The molecule has 2 rings (SSSR count). The zero-order valence-corrected chi connectivity index (χ0v) is 10.2. The Balaban J connectivity index is 1.73. The fourth-order valence-electron chi connectivity index (χ4n) is 2.00. The maximum atomic E-state index is 6.08. The SMILES string of the molecule is Clc1ccccc1CCOC1CCCNC1. The Morgan fingerprint density at radius 3 is 3.00 bits per heavy atom. The maximum Gasteiger partial charge on any atom is 0.0700 e. The molecule has 0 amide bonds. The van der Waals surface area contributed by atoms with Gasteiger partial charge in [0.1, 0.15) is 0 Å². The maximum absolute atomic E-state index is 6.08. The third-order valence-corrected chi connectivity index (χ3v) is 3.30. The van der Waals surface area contributed by atoms with Gasteiger partial charge in [-0.1, -0.05) is 29.8 Å². The molecule has 1 fully saturated rings. The van der Waals surface area contributed by atoms with Crippen LogP contribution in [0.2, 0.25) is 5.02 Å². The van der Waals surface area contributed by atoms with Crippen LogP contribution in [0, 0.1) is 0 Å². The molecule has 0 radical (unpaired) electrons. The molecule has 1 unspecified atom stereocenters. The zero-order valence-electron chi connectivity index (χ0n) is 9.42. The van der Waals surface area contributed by atoms with Crippen LogP contribution in [0.15, 0.2) is 24.3 Å². The van der Waals surface area contributed by atoms with Crippen LogP contribution in [0.1, 0.15) is 18.4 Å². The minimum absolute atomic E-state index is 0.385. The molecule has 88 valence electrons. The number of hydrogen-bond donors (Lipinski definition) is 1. The molecular weight excluding hydrogens is 222 g/mol. The number of piperidine rings is 1. The number of ether oxygens (including phenoxy) is 1. The van der Waals surface area contributed by atoms with Crippen molar-refractivity contribution in [3.63, 3.8) is 0 Å². The normalized spacial score (nSPS) is 20.9. The van der Waals surface area contributed by atoms with Crippen molar-refractivity contribution < 1.29 is 4.74 Å². The fraction of sp³-hybridized carbons (Fsp3) is 0.538. The molecular formula is C13H18ClNO. The molecule has 1 heterocycles. The van der Waals surface area contributed by atoms with Gasteiger partial charge in [-0.25, -0.2) is 0 Å². The van der Waals surface area contributed by atoms with Crippen molar-refractivity contribution >= 4 is 11.6 Å². The average Bonchev–Trinajstić information content (AvgIpc) is 2.33. The summed E-state index contributed by atoms with van der Waals surface area (Å²) in [4.78, 5) is 0. The lowest BCUT2D eigenvalue weighted by molar-refractivity contribution is 0.0390. The van der Waals surface area contributed by atoms with Crippen molar-refractivity contribution in [1.82, 2.24) is 5.32 Å². The Labute approximate surface area is 102 Å². The van der Waals surface area contributed by atoms with Crippen molar-refractivity contribution in [3.05, 3.63) is 34.9 Å². The van der Waals surface area contributed by atoms with Crippen molar-refractivity contribution in [2.45, 2.75) is 25.4 Å². The molecule has 0 spiro atoms. The third-order valence-electron chi connectivity index (χ3n) is 2.93. The zero-order chi connectivity index (χ0) is 11.2. The molecule has 1 aliphatic heterocycles. The van der Waals surface area contributed by atoms with Crippen molar-refractivity contribution in [2.24, 2.45) is 0 Å². The van der Waals surface area contributed by atoms with E-state index in [0.717, 1.165) is 31.1 Å². The van der Waals surface area contributed by atoms with Crippen LogP contribution < -0.4 is 5.32 Å². The Bertz CT molecular complexity index is 323. The van der Waals surface area contributed by atoms with E-state index in [0.29, 0.717) is 6.10 Å². The minimum Gasteiger partial charge on any atom is -0.377 e. The summed E-state index contributed by atoms with van der Waals surface area (Å²) in [6.07, 6.45) is 3.68. The van der Waals surface area contributed by atoms with E-state index in [-0.39, 0.29) is 0 Å². The van der Waals surface area contributed by atoms with Gasteiger partial charge in [0.25, 0.3) is 0 Å².